The van der Waals surface area contributed by atoms with Crippen molar-refractivity contribution in [3.8, 4) is 0 Å². The number of thiazole rings is 1. The van der Waals surface area contributed by atoms with Crippen molar-refractivity contribution in [2.24, 2.45) is 0 Å². The number of hydrogen-bond donors (Lipinski definition) is 0. The van der Waals surface area contributed by atoms with Gasteiger partial charge in [-0.3, -0.25) is 4.79 Å². The van der Waals surface area contributed by atoms with Gasteiger partial charge in [-0.1, -0.05) is 44.2 Å². The fourth-order valence-corrected chi connectivity index (χ4v) is 4.13. The molecule has 1 aliphatic rings. The predicted molar refractivity (Wildman–Crippen MR) is 97.4 cm³/mol. The molecular weight excluding hydrogens is 306 g/mol. The van der Waals surface area contributed by atoms with E-state index in [-0.39, 0.29) is 0 Å². The van der Waals surface area contributed by atoms with Crippen molar-refractivity contribution in [3.05, 3.63) is 23.8 Å². The minimum Gasteiger partial charge on any atom is -0.345 e. The van der Waals surface area contributed by atoms with Crippen molar-refractivity contribution < 1.29 is 4.79 Å². The second-order valence-electron chi connectivity index (χ2n) is 6.46. The average molecular weight is 331 g/mol. The quantitative estimate of drug-likeness (QED) is 0.853. The average Bonchev–Trinajstić information content (AvgIpc) is 2.99. The first-order chi connectivity index (χ1) is 11.1. The number of nitrogens with zero attached hydrogens (tertiary/aromatic N) is 3. The highest BCUT2D eigenvalue weighted by molar-refractivity contribution is 7.22. The third-order valence-corrected chi connectivity index (χ3v) is 5.51. The lowest BCUT2D eigenvalue weighted by Crippen LogP contribution is -2.48. The van der Waals surface area contributed by atoms with Gasteiger partial charge in [-0.05, 0) is 24.0 Å². The van der Waals surface area contributed by atoms with Crippen molar-refractivity contribution in [1.29, 1.82) is 0 Å². The molecule has 2 heterocycles. The zero-order valence-corrected chi connectivity index (χ0v) is 15.0. The number of aromatic nitrogens is 1. The number of fused-ring (bicyclic) bond motifs is 1. The summed E-state index contributed by atoms with van der Waals surface area (Å²) in [5.74, 6) is 0.774. The molecule has 1 fully saturated rings. The number of para-hydroxylation sites is 1. The minimum atomic E-state index is 0.290. The Hall–Kier alpha value is -1.62. The molecule has 4 nitrogen and oxygen atoms in total. The zero-order chi connectivity index (χ0) is 16.4. The van der Waals surface area contributed by atoms with Crippen LogP contribution in [0.15, 0.2) is 18.2 Å². The molecule has 1 amide bonds. The monoisotopic (exact) mass is 331 g/mol. The van der Waals surface area contributed by atoms with Crippen LogP contribution >= 0.6 is 11.3 Å². The van der Waals surface area contributed by atoms with Crippen molar-refractivity contribution >= 4 is 32.6 Å². The van der Waals surface area contributed by atoms with Gasteiger partial charge in [0.1, 0.15) is 0 Å². The molecule has 1 saturated heterocycles. The molecule has 0 spiro atoms. The van der Waals surface area contributed by atoms with Crippen LogP contribution in [0.5, 0.6) is 0 Å². The summed E-state index contributed by atoms with van der Waals surface area (Å²) in [6, 6.07) is 6.46. The molecule has 2 aromatic rings. The van der Waals surface area contributed by atoms with Crippen LogP contribution in [0.1, 0.15) is 45.1 Å². The Kier molecular flexibility index (Phi) is 4.85. The molecule has 0 atom stereocenters. The van der Waals surface area contributed by atoms with Gasteiger partial charge in [0, 0.05) is 32.6 Å². The van der Waals surface area contributed by atoms with E-state index in [0.717, 1.165) is 43.2 Å². The Morgan fingerprint density at radius 1 is 1.26 bits per heavy atom. The lowest BCUT2D eigenvalue weighted by atomic mass is 10.0. The van der Waals surface area contributed by atoms with E-state index in [2.05, 4.69) is 43.9 Å². The van der Waals surface area contributed by atoms with Crippen LogP contribution in [0.4, 0.5) is 5.13 Å². The predicted octanol–water partition coefficient (Wildman–Crippen LogP) is 3.87. The zero-order valence-electron chi connectivity index (χ0n) is 14.2. The standard InChI is InChI=1S/C18H25N3OS/c1-4-6-16(22)20-9-11-21(12-10-20)18-19-17-14(13(2)3)7-5-8-15(17)23-18/h5,7-8,13H,4,6,9-12H2,1-3H3. The van der Waals surface area contributed by atoms with E-state index in [1.54, 1.807) is 11.3 Å². The molecule has 0 bridgehead atoms. The fourth-order valence-electron chi connectivity index (χ4n) is 3.08. The summed E-state index contributed by atoms with van der Waals surface area (Å²) < 4.78 is 1.26. The Bertz CT molecular complexity index is 687. The normalized spacial score (nSPS) is 15.7. The van der Waals surface area contributed by atoms with E-state index in [1.807, 2.05) is 4.90 Å². The maximum atomic E-state index is 12.0. The van der Waals surface area contributed by atoms with Gasteiger partial charge in [-0.25, -0.2) is 4.98 Å². The molecule has 0 N–H and O–H groups in total. The number of carbonyl (C=O) groups is 1. The molecule has 0 radical (unpaired) electrons. The smallest absolute Gasteiger partial charge is 0.222 e. The lowest BCUT2D eigenvalue weighted by molar-refractivity contribution is -0.131. The fraction of sp³-hybridized carbons (Fsp3) is 0.556. The largest absolute Gasteiger partial charge is 0.345 e. The molecule has 1 aromatic carbocycles. The van der Waals surface area contributed by atoms with Gasteiger partial charge in [0.2, 0.25) is 5.91 Å². The summed E-state index contributed by atoms with van der Waals surface area (Å²) in [7, 11) is 0. The first kappa shape index (κ1) is 16.2. The first-order valence-electron chi connectivity index (χ1n) is 8.52. The third-order valence-electron chi connectivity index (χ3n) is 4.43. The van der Waals surface area contributed by atoms with Crippen LogP contribution in [-0.2, 0) is 4.79 Å². The molecule has 1 aliphatic heterocycles. The maximum absolute atomic E-state index is 12.0. The Morgan fingerprint density at radius 3 is 2.65 bits per heavy atom. The van der Waals surface area contributed by atoms with Crippen molar-refractivity contribution in [2.75, 3.05) is 31.1 Å². The number of rotatable bonds is 4. The number of anilines is 1. The number of benzene rings is 1. The molecule has 5 heteroatoms. The van der Waals surface area contributed by atoms with E-state index >= 15 is 0 Å². The first-order valence-corrected chi connectivity index (χ1v) is 9.34. The Balaban J connectivity index is 1.75. The van der Waals surface area contributed by atoms with Gasteiger partial charge in [0.25, 0.3) is 0 Å². The molecule has 0 unspecified atom stereocenters. The number of carbonyl (C=O) groups excluding carboxylic acids is 1. The molecule has 0 aliphatic carbocycles. The van der Waals surface area contributed by atoms with Crippen LogP contribution in [-0.4, -0.2) is 42.0 Å². The summed E-state index contributed by atoms with van der Waals surface area (Å²) >= 11 is 1.77. The van der Waals surface area contributed by atoms with Gasteiger partial charge in [0.05, 0.1) is 10.2 Å². The lowest BCUT2D eigenvalue weighted by Gasteiger charge is -2.34. The van der Waals surface area contributed by atoms with Gasteiger partial charge in [0.15, 0.2) is 5.13 Å². The van der Waals surface area contributed by atoms with Crippen LogP contribution in [0.25, 0.3) is 10.2 Å². The third kappa shape index (κ3) is 3.34. The number of hydrogen-bond acceptors (Lipinski definition) is 4. The van der Waals surface area contributed by atoms with Crippen molar-refractivity contribution in [2.45, 2.75) is 39.5 Å². The summed E-state index contributed by atoms with van der Waals surface area (Å²) in [6.45, 7) is 9.87. The van der Waals surface area contributed by atoms with Gasteiger partial charge in [-0.15, -0.1) is 0 Å². The van der Waals surface area contributed by atoms with Crippen molar-refractivity contribution in [3.63, 3.8) is 0 Å². The van der Waals surface area contributed by atoms with Gasteiger partial charge < -0.3 is 9.80 Å². The highest BCUT2D eigenvalue weighted by atomic mass is 32.1. The van der Waals surface area contributed by atoms with Crippen LogP contribution < -0.4 is 4.90 Å². The van der Waals surface area contributed by atoms with E-state index < -0.39 is 0 Å². The van der Waals surface area contributed by atoms with E-state index in [0.29, 0.717) is 18.2 Å². The second kappa shape index (κ2) is 6.87. The Morgan fingerprint density at radius 2 is 2.00 bits per heavy atom. The number of piperazine rings is 1. The Labute approximate surface area is 142 Å². The summed E-state index contributed by atoms with van der Waals surface area (Å²) in [5, 5.41) is 1.09. The highest BCUT2D eigenvalue weighted by Crippen LogP contribution is 2.33. The van der Waals surface area contributed by atoms with Crippen LogP contribution in [0.2, 0.25) is 0 Å². The highest BCUT2D eigenvalue weighted by Gasteiger charge is 2.23. The number of amides is 1. The van der Waals surface area contributed by atoms with Crippen LogP contribution in [0.3, 0.4) is 0 Å². The van der Waals surface area contributed by atoms with Gasteiger partial charge >= 0.3 is 0 Å². The van der Waals surface area contributed by atoms with Gasteiger partial charge in [-0.2, -0.15) is 0 Å². The maximum Gasteiger partial charge on any atom is 0.222 e. The summed E-state index contributed by atoms with van der Waals surface area (Å²) in [5.41, 5.74) is 2.47. The van der Waals surface area contributed by atoms with E-state index in [9.17, 15) is 4.79 Å². The minimum absolute atomic E-state index is 0.290. The van der Waals surface area contributed by atoms with Crippen molar-refractivity contribution in [1.82, 2.24) is 9.88 Å². The van der Waals surface area contributed by atoms with E-state index in [1.165, 1.54) is 10.3 Å². The summed E-state index contributed by atoms with van der Waals surface area (Å²) in [6.07, 6.45) is 1.59. The molecule has 0 saturated carbocycles. The van der Waals surface area contributed by atoms with Crippen LogP contribution in [0, 0.1) is 0 Å². The molecule has 3 rings (SSSR count). The SMILES string of the molecule is CCCC(=O)N1CCN(c2nc3c(C(C)C)cccc3s2)CC1. The molecule has 1 aromatic heterocycles. The summed E-state index contributed by atoms with van der Waals surface area (Å²) in [4.78, 5) is 21.2. The molecular formula is C18H25N3OS. The molecule has 124 valence electrons. The second-order valence-corrected chi connectivity index (χ2v) is 7.47. The topological polar surface area (TPSA) is 36.4 Å². The molecule has 23 heavy (non-hydrogen) atoms. The van der Waals surface area contributed by atoms with E-state index in [4.69, 9.17) is 4.98 Å².